The van der Waals surface area contributed by atoms with Crippen molar-refractivity contribution in [3.63, 3.8) is 0 Å². The average molecular weight is 262 g/mol. The summed E-state index contributed by atoms with van der Waals surface area (Å²) in [6.07, 6.45) is 0.111. The van der Waals surface area contributed by atoms with Gasteiger partial charge in [-0.15, -0.1) is 0 Å². The van der Waals surface area contributed by atoms with Crippen LogP contribution in [0.15, 0.2) is 30.3 Å². The third-order valence-electron chi connectivity index (χ3n) is 2.98. The molecule has 1 fully saturated rings. The number of hydrogen-bond donors (Lipinski definition) is 2. The number of anilines is 1. The standard InChI is InChI=1S/C13H14N2O4/c16-11-6-9(13(19)14-7-12(17)18)8-15(11)10-4-2-1-3-5-10/h1-5,9H,6-8H2,(H,14,19)(H,17,18)/t9-/m1/s1. The maximum Gasteiger partial charge on any atom is 0.322 e. The van der Waals surface area contributed by atoms with Crippen molar-refractivity contribution in [3.8, 4) is 0 Å². The topological polar surface area (TPSA) is 86.7 Å². The fraction of sp³-hybridized carbons (Fsp3) is 0.308. The summed E-state index contributed by atoms with van der Waals surface area (Å²) < 4.78 is 0. The highest BCUT2D eigenvalue weighted by molar-refractivity contribution is 6.00. The highest BCUT2D eigenvalue weighted by Gasteiger charge is 2.34. The molecule has 1 atom stereocenters. The predicted octanol–water partition coefficient (Wildman–Crippen LogP) is 0.240. The molecule has 1 aliphatic rings. The minimum atomic E-state index is -1.10. The number of para-hydroxylation sites is 1. The van der Waals surface area contributed by atoms with Crippen molar-refractivity contribution in [2.75, 3.05) is 18.0 Å². The molecule has 2 amide bonds. The van der Waals surface area contributed by atoms with E-state index in [-0.39, 0.29) is 18.9 Å². The van der Waals surface area contributed by atoms with Crippen LogP contribution < -0.4 is 10.2 Å². The Bertz CT molecular complexity index is 501. The van der Waals surface area contributed by atoms with Gasteiger partial charge in [-0.1, -0.05) is 18.2 Å². The van der Waals surface area contributed by atoms with Crippen LogP contribution in [0.5, 0.6) is 0 Å². The number of benzene rings is 1. The van der Waals surface area contributed by atoms with Crippen LogP contribution in [0.4, 0.5) is 5.69 Å². The van der Waals surface area contributed by atoms with E-state index in [1.807, 2.05) is 18.2 Å². The van der Waals surface area contributed by atoms with E-state index in [2.05, 4.69) is 5.32 Å². The second-order valence-corrected chi connectivity index (χ2v) is 4.35. The van der Waals surface area contributed by atoms with Crippen LogP contribution in [0.1, 0.15) is 6.42 Å². The van der Waals surface area contributed by atoms with Gasteiger partial charge in [-0.05, 0) is 12.1 Å². The lowest BCUT2D eigenvalue weighted by Gasteiger charge is -2.16. The zero-order valence-corrected chi connectivity index (χ0v) is 10.2. The predicted molar refractivity (Wildman–Crippen MR) is 67.5 cm³/mol. The van der Waals surface area contributed by atoms with Gasteiger partial charge in [0.15, 0.2) is 0 Å². The number of nitrogens with one attached hydrogen (secondary N) is 1. The Morgan fingerprint density at radius 2 is 2.00 bits per heavy atom. The van der Waals surface area contributed by atoms with Crippen molar-refractivity contribution in [2.24, 2.45) is 5.92 Å². The quantitative estimate of drug-likeness (QED) is 0.813. The van der Waals surface area contributed by atoms with Crippen LogP contribution in [0.3, 0.4) is 0 Å². The van der Waals surface area contributed by atoms with E-state index in [9.17, 15) is 14.4 Å². The summed E-state index contributed by atoms with van der Waals surface area (Å²) in [5, 5.41) is 10.8. The van der Waals surface area contributed by atoms with E-state index < -0.39 is 24.3 Å². The van der Waals surface area contributed by atoms with Crippen molar-refractivity contribution in [1.82, 2.24) is 5.32 Å². The average Bonchev–Trinajstić information content (AvgIpc) is 2.79. The van der Waals surface area contributed by atoms with Crippen molar-refractivity contribution in [3.05, 3.63) is 30.3 Å². The van der Waals surface area contributed by atoms with Gasteiger partial charge in [0.1, 0.15) is 6.54 Å². The molecular weight excluding hydrogens is 248 g/mol. The first-order valence-corrected chi connectivity index (χ1v) is 5.93. The Balaban J connectivity index is 1.99. The Morgan fingerprint density at radius 3 is 2.63 bits per heavy atom. The summed E-state index contributed by atoms with van der Waals surface area (Å²) in [6.45, 7) is -0.136. The first kappa shape index (κ1) is 13.1. The van der Waals surface area contributed by atoms with Gasteiger partial charge in [0.25, 0.3) is 0 Å². The van der Waals surface area contributed by atoms with E-state index in [1.54, 1.807) is 17.0 Å². The van der Waals surface area contributed by atoms with Gasteiger partial charge < -0.3 is 15.3 Å². The van der Waals surface area contributed by atoms with Crippen LogP contribution in [0, 0.1) is 5.92 Å². The number of rotatable bonds is 4. The lowest BCUT2D eigenvalue weighted by Crippen LogP contribution is -2.36. The molecule has 100 valence electrons. The van der Waals surface area contributed by atoms with Crippen LogP contribution in [-0.4, -0.2) is 36.0 Å². The van der Waals surface area contributed by atoms with Gasteiger partial charge in [0, 0.05) is 18.7 Å². The molecule has 0 aliphatic carbocycles. The Hall–Kier alpha value is -2.37. The number of nitrogens with zero attached hydrogens (tertiary/aromatic N) is 1. The smallest absolute Gasteiger partial charge is 0.322 e. The molecule has 0 aromatic heterocycles. The lowest BCUT2D eigenvalue weighted by molar-refractivity contribution is -0.138. The van der Waals surface area contributed by atoms with Crippen LogP contribution in [-0.2, 0) is 14.4 Å². The molecule has 19 heavy (non-hydrogen) atoms. The molecule has 6 nitrogen and oxygen atoms in total. The third-order valence-corrected chi connectivity index (χ3v) is 2.98. The first-order valence-electron chi connectivity index (χ1n) is 5.93. The summed E-state index contributed by atoms with van der Waals surface area (Å²) in [6, 6.07) is 9.09. The van der Waals surface area contributed by atoms with Crippen molar-refractivity contribution in [1.29, 1.82) is 0 Å². The van der Waals surface area contributed by atoms with Crippen LogP contribution in [0.2, 0.25) is 0 Å². The van der Waals surface area contributed by atoms with Crippen LogP contribution >= 0.6 is 0 Å². The van der Waals surface area contributed by atoms with Gasteiger partial charge in [-0.3, -0.25) is 14.4 Å². The third kappa shape index (κ3) is 3.09. The highest BCUT2D eigenvalue weighted by atomic mass is 16.4. The zero-order chi connectivity index (χ0) is 13.8. The summed E-state index contributed by atoms with van der Waals surface area (Å²) in [5.74, 6) is -2.11. The van der Waals surface area contributed by atoms with Gasteiger partial charge in [0.2, 0.25) is 11.8 Å². The second kappa shape index (κ2) is 5.51. The molecule has 0 spiro atoms. The number of carboxylic acids is 1. The molecule has 1 aromatic carbocycles. The summed E-state index contributed by atoms with van der Waals surface area (Å²) in [4.78, 5) is 35.5. The van der Waals surface area contributed by atoms with E-state index in [4.69, 9.17) is 5.11 Å². The molecule has 2 N–H and O–H groups in total. The fourth-order valence-electron chi connectivity index (χ4n) is 2.05. The van der Waals surface area contributed by atoms with Crippen molar-refractivity contribution >= 4 is 23.5 Å². The number of aliphatic carboxylic acids is 1. The molecule has 0 unspecified atom stereocenters. The molecule has 0 radical (unpaired) electrons. The molecule has 1 saturated heterocycles. The number of carbonyl (C=O) groups is 3. The van der Waals surface area contributed by atoms with Gasteiger partial charge in [-0.2, -0.15) is 0 Å². The van der Waals surface area contributed by atoms with E-state index in [1.165, 1.54) is 0 Å². The summed E-state index contributed by atoms with van der Waals surface area (Å²) in [5.41, 5.74) is 0.751. The minimum absolute atomic E-state index is 0.111. The molecular formula is C13H14N2O4. The largest absolute Gasteiger partial charge is 0.480 e. The molecule has 1 aliphatic heterocycles. The van der Waals surface area contributed by atoms with E-state index in [0.717, 1.165) is 5.69 Å². The second-order valence-electron chi connectivity index (χ2n) is 4.35. The SMILES string of the molecule is O=C(O)CNC(=O)[C@@H]1CC(=O)N(c2ccccc2)C1. The molecule has 1 aromatic rings. The number of carbonyl (C=O) groups excluding carboxylic acids is 2. The maximum atomic E-state index is 11.9. The highest BCUT2D eigenvalue weighted by Crippen LogP contribution is 2.24. The molecule has 2 rings (SSSR count). The maximum absolute atomic E-state index is 11.9. The number of amides is 2. The normalized spacial score (nSPS) is 18.4. The Labute approximate surface area is 110 Å². The molecule has 0 bridgehead atoms. The Morgan fingerprint density at radius 1 is 1.32 bits per heavy atom. The van der Waals surface area contributed by atoms with Crippen LogP contribution in [0.25, 0.3) is 0 Å². The number of hydrogen-bond acceptors (Lipinski definition) is 3. The van der Waals surface area contributed by atoms with Gasteiger partial charge in [0.05, 0.1) is 5.92 Å². The summed E-state index contributed by atoms with van der Waals surface area (Å²) in [7, 11) is 0. The Kier molecular flexibility index (Phi) is 3.79. The first-order chi connectivity index (χ1) is 9.08. The van der Waals surface area contributed by atoms with Crippen molar-refractivity contribution in [2.45, 2.75) is 6.42 Å². The van der Waals surface area contributed by atoms with Crippen molar-refractivity contribution < 1.29 is 19.5 Å². The molecule has 0 saturated carbocycles. The van der Waals surface area contributed by atoms with Gasteiger partial charge >= 0.3 is 5.97 Å². The summed E-state index contributed by atoms with van der Waals surface area (Å²) >= 11 is 0. The van der Waals surface area contributed by atoms with E-state index >= 15 is 0 Å². The monoisotopic (exact) mass is 262 g/mol. The molecule has 1 heterocycles. The zero-order valence-electron chi connectivity index (χ0n) is 10.2. The number of carboxylic acid groups (broad SMARTS) is 1. The van der Waals surface area contributed by atoms with E-state index in [0.29, 0.717) is 0 Å². The molecule has 6 heteroatoms. The minimum Gasteiger partial charge on any atom is -0.480 e. The van der Waals surface area contributed by atoms with Gasteiger partial charge in [-0.25, -0.2) is 0 Å². The lowest BCUT2D eigenvalue weighted by atomic mass is 10.1. The fourth-order valence-corrected chi connectivity index (χ4v) is 2.05.